The first-order chi connectivity index (χ1) is 22.9. The first-order valence-corrected chi connectivity index (χ1v) is 14.4. The first kappa shape index (κ1) is 28.4. The van der Waals surface area contributed by atoms with Gasteiger partial charge in [-0.2, -0.15) is 0 Å². The number of aromatic nitrogens is 1. The molecule has 6 aromatic rings. The zero-order chi connectivity index (χ0) is 31.4. The van der Waals surface area contributed by atoms with Crippen LogP contribution in [0.15, 0.2) is 72.8 Å². The van der Waals surface area contributed by atoms with Crippen LogP contribution in [0, 0.1) is 131 Å². The molecule has 1 nitrogen and oxygen atoms in total. The summed E-state index contributed by atoms with van der Waals surface area (Å²) in [5, 5.41) is 7.23. The SMILES string of the molecule is C#CC#CC#CC#CC#CC#CC#CC#CC#CC#CC#Cn1c2ccccc2c2ccc3c(ccc4c5ccccc5sc43)c21. The van der Waals surface area contributed by atoms with Gasteiger partial charge in [0.1, 0.15) is 0 Å². The lowest BCUT2D eigenvalue weighted by Crippen LogP contribution is -1.89. The molecule has 0 fully saturated rings. The van der Waals surface area contributed by atoms with Gasteiger partial charge in [-0.25, -0.2) is 0 Å². The van der Waals surface area contributed by atoms with E-state index < -0.39 is 0 Å². The monoisotopic (exact) mass is 587 g/mol. The average Bonchev–Trinajstić information content (AvgIpc) is 3.63. The maximum absolute atomic E-state index is 4.97. The molecular formula is C44H13NS. The molecular weight excluding hydrogens is 575 g/mol. The Bertz CT molecular complexity index is 2980. The molecule has 6 rings (SSSR count). The maximum atomic E-state index is 4.97. The molecule has 0 bridgehead atoms. The number of benzene rings is 4. The van der Waals surface area contributed by atoms with E-state index in [9.17, 15) is 0 Å². The summed E-state index contributed by atoms with van der Waals surface area (Å²) >= 11 is 1.83. The molecule has 0 aliphatic heterocycles. The Hall–Kier alpha value is -7.68. The number of para-hydroxylation sites is 1. The van der Waals surface area contributed by atoms with Crippen molar-refractivity contribution in [1.82, 2.24) is 4.57 Å². The van der Waals surface area contributed by atoms with Gasteiger partial charge in [0, 0.05) is 119 Å². The molecule has 0 atom stereocenters. The Balaban J connectivity index is 1.23. The minimum Gasteiger partial charge on any atom is -0.267 e. The summed E-state index contributed by atoms with van der Waals surface area (Å²) in [6.07, 6.45) is 4.97. The van der Waals surface area contributed by atoms with Crippen molar-refractivity contribution in [3.05, 3.63) is 72.8 Å². The van der Waals surface area contributed by atoms with E-state index in [2.05, 4.69) is 191 Å². The number of nitrogens with zero attached hydrogens (tertiary/aromatic N) is 1. The summed E-state index contributed by atoms with van der Waals surface area (Å²) in [6, 6.07) is 29.0. The van der Waals surface area contributed by atoms with Crippen LogP contribution in [-0.2, 0) is 0 Å². The Morgan fingerprint density at radius 2 is 0.848 bits per heavy atom. The highest BCUT2D eigenvalue weighted by Crippen LogP contribution is 2.41. The van der Waals surface area contributed by atoms with E-state index in [1.54, 1.807) is 0 Å². The fraction of sp³-hybridized carbons (Fsp3) is 0. The predicted molar refractivity (Wildman–Crippen MR) is 192 cm³/mol. The first-order valence-electron chi connectivity index (χ1n) is 13.6. The highest BCUT2D eigenvalue weighted by atomic mass is 32.1. The average molecular weight is 588 g/mol. The van der Waals surface area contributed by atoms with E-state index in [1.807, 2.05) is 22.0 Å². The van der Waals surface area contributed by atoms with Gasteiger partial charge < -0.3 is 0 Å². The highest BCUT2D eigenvalue weighted by Gasteiger charge is 2.15. The maximum Gasteiger partial charge on any atom is 0.0704 e. The van der Waals surface area contributed by atoms with Crippen LogP contribution in [-0.4, -0.2) is 4.57 Å². The van der Waals surface area contributed by atoms with Crippen LogP contribution >= 0.6 is 11.3 Å². The lowest BCUT2D eigenvalue weighted by Gasteiger charge is -2.04. The summed E-state index contributed by atoms with van der Waals surface area (Å²) in [4.78, 5) is 0. The van der Waals surface area contributed by atoms with Crippen molar-refractivity contribution in [2.24, 2.45) is 0 Å². The minimum absolute atomic E-state index is 1.03. The van der Waals surface area contributed by atoms with Crippen molar-refractivity contribution in [1.29, 1.82) is 0 Å². The number of thiophene rings is 1. The molecule has 0 saturated heterocycles. The summed E-state index contributed by atoms with van der Waals surface area (Å²) in [5.41, 5.74) is 2.10. The zero-order valence-corrected chi connectivity index (χ0v) is 24.7. The van der Waals surface area contributed by atoms with Gasteiger partial charge in [0.05, 0.1) is 11.0 Å². The molecule has 0 saturated carbocycles. The van der Waals surface area contributed by atoms with Crippen molar-refractivity contribution in [3.63, 3.8) is 0 Å². The van der Waals surface area contributed by atoms with Crippen molar-refractivity contribution < 1.29 is 0 Å². The van der Waals surface area contributed by atoms with Gasteiger partial charge >= 0.3 is 0 Å². The molecule has 0 unspecified atom stereocenters. The smallest absolute Gasteiger partial charge is 0.0704 e. The van der Waals surface area contributed by atoms with Gasteiger partial charge in [-0.15, -0.1) is 17.8 Å². The second-order valence-corrected chi connectivity index (χ2v) is 10.1. The van der Waals surface area contributed by atoms with Gasteiger partial charge in [0.25, 0.3) is 0 Å². The third-order valence-corrected chi connectivity index (χ3v) is 7.76. The molecule has 0 aliphatic rings. The summed E-state index contributed by atoms with van der Waals surface area (Å²) in [6.45, 7) is 0. The van der Waals surface area contributed by atoms with Crippen molar-refractivity contribution in [2.45, 2.75) is 0 Å². The van der Waals surface area contributed by atoms with Crippen LogP contribution < -0.4 is 0 Å². The minimum atomic E-state index is 1.03. The third-order valence-electron chi connectivity index (χ3n) is 6.54. The molecule has 46 heavy (non-hydrogen) atoms. The van der Waals surface area contributed by atoms with Crippen LogP contribution in [0.5, 0.6) is 0 Å². The lowest BCUT2D eigenvalue weighted by atomic mass is 10.0. The van der Waals surface area contributed by atoms with E-state index in [1.165, 1.54) is 25.6 Å². The summed E-state index contributed by atoms with van der Waals surface area (Å²) in [7, 11) is 0. The number of rotatable bonds is 0. The predicted octanol–water partition coefficient (Wildman–Crippen LogP) is 6.79. The Kier molecular flexibility index (Phi) is 8.65. The molecule has 2 aromatic heterocycles. The fourth-order valence-corrected chi connectivity index (χ4v) is 6.05. The van der Waals surface area contributed by atoms with E-state index in [0.29, 0.717) is 0 Å². The van der Waals surface area contributed by atoms with Crippen molar-refractivity contribution >= 4 is 64.1 Å². The number of fused-ring (bicyclic) bond motifs is 9. The quantitative estimate of drug-likeness (QED) is 0.173. The van der Waals surface area contributed by atoms with Crippen LogP contribution in [0.2, 0.25) is 0 Å². The Morgan fingerprint density at radius 3 is 1.43 bits per heavy atom. The van der Waals surface area contributed by atoms with Gasteiger partial charge in [-0.1, -0.05) is 60.7 Å². The van der Waals surface area contributed by atoms with Crippen LogP contribution in [0.1, 0.15) is 0 Å². The Morgan fingerprint density at radius 1 is 0.413 bits per heavy atom. The standard InChI is InChI=1S/C44H13NS/c1-2-3-4-5-6-7-8-9-10-11-12-13-14-15-16-17-18-19-20-25-34-45-41-28-23-21-26-35(41)37-30-33-40-38(43(37)45)31-32-39-36-27-22-24-29-42(36)46-44(39)40/h1,21-24,26-33H. The van der Waals surface area contributed by atoms with Crippen LogP contribution in [0.3, 0.4) is 0 Å². The van der Waals surface area contributed by atoms with Crippen LogP contribution in [0.4, 0.5) is 0 Å². The zero-order valence-electron chi connectivity index (χ0n) is 23.9. The molecule has 0 amide bonds. The highest BCUT2D eigenvalue weighted by molar-refractivity contribution is 7.26. The normalized spacial score (nSPS) is 8.41. The summed E-state index contributed by atoms with van der Waals surface area (Å²) < 4.78 is 4.60. The van der Waals surface area contributed by atoms with E-state index in [-0.39, 0.29) is 0 Å². The molecule has 0 radical (unpaired) electrons. The lowest BCUT2D eigenvalue weighted by molar-refractivity contribution is 1.27. The van der Waals surface area contributed by atoms with E-state index >= 15 is 0 Å². The summed E-state index contributed by atoms with van der Waals surface area (Å²) in [5.74, 6) is 51.3. The van der Waals surface area contributed by atoms with Gasteiger partial charge in [-0.3, -0.25) is 4.57 Å². The molecule has 0 aliphatic carbocycles. The number of hydrogen-bond acceptors (Lipinski definition) is 1. The molecule has 2 heterocycles. The fourth-order valence-electron chi connectivity index (χ4n) is 4.81. The van der Waals surface area contributed by atoms with Gasteiger partial charge in [0.15, 0.2) is 0 Å². The molecule has 0 N–H and O–H groups in total. The number of hydrogen-bond donors (Lipinski definition) is 0. The van der Waals surface area contributed by atoms with Crippen molar-refractivity contribution in [3.8, 4) is 131 Å². The second kappa shape index (κ2) is 14.0. The van der Waals surface area contributed by atoms with Gasteiger partial charge in [-0.05, 0) is 59.5 Å². The van der Waals surface area contributed by atoms with Crippen molar-refractivity contribution in [2.75, 3.05) is 0 Å². The Labute approximate surface area is 271 Å². The van der Waals surface area contributed by atoms with E-state index in [4.69, 9.17) is 6.42 Å². The third kappa shape index (κ3) is 6.08. The molecule has 200 valence electrons. The molecule has 2 heteroatoms. The number of terminal acetylenes is 1. The van der Waals surface area contributed by atoms with Crippen LogP contribution in [0.25, 0.3) is 52.8 Å². The molecule has 4 aromatic carbocycles. The molecule has 0 spiro atoms. The topological polar surface area (TPSA) is 4.93 Å². The largest absolute Gasteiger partial charge is 0.267 e. The van der Waals surface area contributed by atoms with Gasteiger partial charge in [0.2, 0.25) is 0 Å². The second-order valence-electron chi connectivity index (χ2n) is 9.08. The van der Waals surface area contributed by atoms with E-state index in [0.717, 1.165) is 27.2 Å².